The van der Waals surface area contributed by atoms with Crippen LogP contribution in [0.5, 0.6) is 5.75 Å². The number of carbonyl (C=O) groups excluding carboxylic acids is 1. The lowest BCUT2D eigenvalue weighted by atomic mass is 9.82. The van der Waals surface area contributed by atoms with E-state index in [9.17, 15) is 18.0 Å². The number of hydrogen-bond donors (Lipinski definition) is 0. The van der Waals surface area contributed by atoms with Gasteiger partial charge in [-0.25, -0.2) is 4.79 Å². The van der Waals surface area contributed by atoms with Crippen molar-refractivity contribution in [3.63, 3.8) is 0 Å². The first-order chi connectivity index (χ1) is 15.4. The summed E-state index contributed by atoms with van der Waals surface area (Å²) >= 11 is 0. The lowest BCUT2D eigenvalue weighted by Crippen LogP contribution is -2.45. The quantitative estimate of drug-likeness (QED) is 0.474. The highest BCUT2D eigenvalue weighted by Gasteiger charge is 2.34. The van der Waals surface area contributed by atoms with Crippen LogP contribution in [0.4, 0.5) is 18.0 Å². The van der Waals surface area contributed by atoms with Crippen molar-refractivity contribution in [2.24, 2.45) is 11.8 Å². The number of likely N-dealkylation sites (tertiary alicyclic amines) is 1. The van der Waals surface area contributed by atoms with Gasteiger partial charge in [-0.1, -0.05) is 37.3 Å². The van der Waals surface area contributed by atoms with Gasteiger partial charge in [-0.15, -0.1) is 0 Å². The van der Waals surface area contributed by atoms with Crippen LogP contribution in [0.3, 0.4) is 0 Å². The number of carbonyl (C=O) groups is 1. The molecule has 1 saturated heterocycles. The van der Waals surface area contributed by atoms with Gasteiger partial charge in [-0.2, -0.15) is 13.2 Å². The largest absolute Gasteiger partial charge is 0.486 e. The van der Waals surface area contributed by atoms with E-state index in [1.165, 1.54) is 12.1 Å². The summed E-state index contributed by atoms with van der Waals surface area (Å²) in [6.07, 6.45) is -3.47. The molecule has 0 bridgehead atoms. The van der Waals surface area contributed by atoms with Crippen LogP contribution in [0.25, 0.3) is 0 Å². The Labute approximate surface area is 193 Å². The van der Waals surface area contributed by atoms with Crippen molar-refractivity contribution in [3.8, 4) is 5.75 Å². The maximum Gasteiger partial charge on any atom is 0.416 e. The van der Waals surface area contributed by atoms with E-state index in [1.54, 1.807) is 4.90 Å². The molecule has 1 aliphatic heterocycles. The first kappa shape index (κ1) is 24.9. The number of benzene rings is 2. The molecule has 1 amide bonds. The lowest BCUT2D eigenvalue weighted by molar-refractivity contribution is -0.137. The number of piperidine rings is 1. The molecule has 3 atom stereocenters. The number of rotatable bonds is 5. The van der Waals surface area contributed by atoms with Crippen molar-refractivity contribution in [2.45, 2.75) is 58.4 Å². The van der Waals surface area contributed by atoms with Gasteiger partial charge < -0.3 is 14.4 Å². The summed E-state index contributed by atoms with van der Waals surface area (Å²) in [5.74, 6) is 0.924. The lowest BCUT2D eigenvalue weighted by Gasteiger charge is -2.38. The fourth-order valence-electron chi connectivity index (χ4n) is 4.12. The van der Waals surface area contributed by atoms with Crippen molar-refractivity contribution < 1.29 is 27.4 Å². The van der Waals surface area contributed by atoms with Gasteiger partial charge in [0.25, 0.3) is 0 Å². The van der Waals surface area contributed by atoms with E-state index in [1.807, 2.05) is 51.1 Å². The molecule has 1 aliphatic rings. The molecule has 3 rings (SSSR count). The van der Waals surface area contributed by atoms with Crippen molar-refractivity contribution in [2.75, 3.05) is 13.1 Å². The van der Waals surface area contributed by atoms with E-state index >= 15 is 0 Å². The first-order valence-corrected chi connectivity index (χ1v) is 11.3. The Kier molecular flexibility index (Phi) is 7.60. The molecule has 2 aromatic rings. The third kappa shape index (κ3) is 7.14. The smallest absolute Gasteiger partial charge is 0.416 e. The fourth-order valence-corrected chi connectivity index (χ4v) is 4.12. The third-order valence-corrected chi connectivity index (χ3v) is 5.88. The minimum absolute atomic E-state index is 0.230. The highest BCUT2D eigenvalue weighted by molar-refractivity contribution is 5.68. The standard InChI is InChI=1S/C26H32F3NO3/c1-18-17-30(24(31)33-25(2,3)4)15-14-20(18)16-23(19-8-6-5-7-9-19)32-22-12-10-21(11-13-22)26(27,28)29/h5-13,18,20,23H,14-17H2,1-4H3/t18-,20-,23-/m0/s1. The zero-order valence-electron chi connectivity index (χ0n) is 19.6. The summed E-state index contributed by atoms with van der Waals surface area (Å²) in [4.78, 5) is 14.2. The topological polar surface area (TPSA) is 38.8 Å². The van der Waals surface area contributed by atoms with Gasteiger partial charge in [0.1, 0.15) is 17.5 Å². The second kappa shape index (κ2) is 10.1. The van der Waals surface area contributed by atoms with Crippen LogP contribution >= 0.6 is 0 Å². The Morgan fingerprint density at radius 3 is 2.24 bits per heavy atom. The van der Waals surface area contributed by atoms with Crippen LogP contribution in [0.1, 0.15) is 57.8 Å². The van der Waals surface area contributed by atoms with Gasteiger partial charge in [0.15, 0.2) is 0 Å². The molecular formula is C26H32F3NO3. The Hall–Kier alpha value is -2.70. The molecule has 0 saturated carbocycles. The Bertz CT molecular complexity index is 907. The number of ether oxygens (including phenoxy) is 2. The summed E-state index contributed by atoms with van der Waals surface area (Å²) in [6, 6.07) is 14.5. The number of nitrogens with zero attached hydrogens (tertiary/aromatic N) is 1. The molecule has 1 heterocycles. The van der Waals surface area contributed by atoms with Gasteiger partial charge in [-0.05, 0) is 75.3 Å². The minimum Gasteiger partial charge on any atom is -0.486 e. The zero-order valence-corrected chi connectivity index (χ0v) is 19.6. The van der Waals surface area contributed by atoms with E-state index in [2.05, 4.69) is 6.92 Å². The maximum atomic E-state index is 12.9. The van der Waals surface area contributed by atoms with E-state index in [4.69, 9.17) is 9.47 Å². The van der Waals surface area contributed by atoms with Gasteiger partial charge in [0.05, 0.1) is 5.56 Å². The molecular weight excluding hydrogens is 431 g/mol. The summed E-state index contributed by atoms with van der Waals surface area (Å²) < 4.78 is 50.4. The highest BCUT2D eigenvalue weighted by atomic mass is 19.4. The average molecular weight is 464 g/mol. The van der Waals surface area contributed by atoms with E-state index < -0.39 is 17.3 Å². The molecule has 0 unspecified atom stereocenters. The molecule has 180 valence electrons. The van der Waals surface area contributed by atoms with Gasteiger partial charge >= 0.3 is 12.3 Å². The van der Waals surface area contributed by atoms with Crippen LogP contribution in [0.2, 0.25) is 0 Å². The number of halogens is 3. The van der Waals surface area contributed by atoms with Gasteiger partial charge in [0, 0.05) is 13.1 Å². The predicted molar refractivity (Wildman–Crippen MR) is 121 cm³/mol. The normalized spacial score (nSPS) is 20.3. The third-order valence-electron chi connectivity index (χ3n) is 5.88. The molecule has 0 N–H and O–H groups in total. The van der Waals surface area contributed by atoms with E-state index in [0.29, 0.717) is 31.2 Å². The number of hydrogen-bond acceptors (Lipinski definition) is 3. The molecule has 1 fully saturated rings. The van der Waals surface area contributed by atoms with Crippen LogP contribution < -0.4 is 4.74 Å². The minimum atomic E-state index is -4.38. The number of alkyl halides is 3. The molecule has 4 nitrogen and oxygen atoms in total. The zero-order chi connectivity index (χ0) is 24.2. The Morgan fingerprint density at radius 1 is 1.06 bits per heavy atom. The summed E-state index contributed by atoms with van der Waals surface area (Å²) in [6.45, 7) is 8.87. The predicted octanol–water partition coefficient (Wildman–Crippen LogP) is 7.11. The van der Waals surface area contributed by atoms with Crippen LogP contribution in [-0.4, -0.2) is 29.7 Å². The maximum absolute atomic E-state index is 12.9. The first-order valence-electron chi connectivity index (χ1n) is 11.3. The fraction of sp³-hybridized carbons (Fsp3) is 0.500. The van der Waals surface area contributed by atoms with Crippen molar-refractivity contribution in [1.82, 2.24) is 4.90 Å². The van der Waals surface area contributed by atoms with Crippen LogP contribution in [0, 0.1) is 11.8 Å². The highest BCUT2D eigenvalue weighted by Crippen LogP contribution is 2.36. The average Bonchev–Trinajstić information content (AvgIpc) is 2.73. The summed E-state index contributed by atoms with van der Waals surface area (Å²) in [7, 11) is 0. The number of amides is 1. The SMILES string of the molecule is C[C@H]1CN(C(=O)OC(C)(C)C)CC[C@H]1C[C@H](Oc1ccc(C(F)(F)F)cc1)c1ccccc1. The second-order valence-corrected chi connectivity index (χ2v) is 9.73. The molecule has 2 aromatic carbocycles. The molecule has 0 aromatic heterocycles. The molecule has 0 aliphatic carbocycles. The van der Waals surface area contributed by atoms with Crippen molar-refractivity contribution in [3.05, 3.63) is 65.7 Å². The summed E-state index contributed by atoms with van der Waals surface area (Å²) in [5, 5.41) is 0. The van der Waals surface area contributed by atoms with Crippen LogP contribution in [-0.2, 0) is 10.9 Å². The van der Waals surface area contributed by atoms with Gasteiger partial charge in [-0.3, -0.25) is 0 Å². The molecule has 0 spiro atoms. The summed E-state index contributed by atoms with van der Waals surface area (Å²) in [5.41, 5.74) is -0.265. The Balaban J connectivity index is 1.70. The Morgan fingerprint density at radius 2 is 1.70 bits per heavy atom. The van der Waals surface area contributed by atoms with E-state index in [0.717, 1.165) is 24.1 Å². The molecule has 0 radical (unpaired) electrons. The van der Waals surface area contributed by atoms with Crippen molar-refractivity contribution in [1.29, 1.82) is 0 Å². The monoisotopic (exact) mass is 463 g/mol. The molecule has 33 heavy (non-hydrogen) atoms. The molecule has 7 heteroatoms. The van der Waals surface area contributed by atoms with Crippen LogP contribution in [0.15, 0.2) is 54.6 Å². The second-order valence-electron chi connectivity index (χ2n) is 9.73. The van der Waals surface area contributed by atoms with Crippen molar-refractivity contribution >= 4 is 6.09 Å². The van der Waals surface area contributed by atoms with Gasteiger partial charge in [0.2, 0.25) is 0 Å². The van der Waals surface area contributed by atoms with E-state index in [-0.39, 0.29) is 18.1 Å².